The second-order valence-corrected chi connectivity index (χ2v) is 4.83. The van der Waals surface area contributed by atoms with Crippen LogP contribution >= 0.6 is 11.3 Å². The molecule has 16 heavy (non-hydrogen) atoms. The lowest BCUT2D eigenvalue weighted by molar-refractivity contribution is 0.786. The summed E-state index contributed by atoms with van der Waals surface area (Å²) in [5, 5.41) is 7.73. The van der Waals surface area contributed by atoms with E-state index in [-0.39, 0.29) is 0 Å². The van der Waals surface area contributed by atoms with E-state index in [9.17, 15) is 0 Å². The van der Waals surface area contributed by atoms with Crippen molar-refractivity contribution >= 4 is 17.2 Å². The molecular formula is C13H16N2S. The number of rotatable bonds is 4. The molecule has 3 heteroatoms. The molecule has 0 aliphatic carbocycles. The van der Waals surface area contributed by atoms with Crippen LogP contribution in [-0.2, 0) is 6.42 Å². The van der Waals surface area contributed by atoms with E-state index in [4.69, 9.17) is 0 Å². The summed E-state index contributed by atoms with van der Waals surface area (Å²) in [5.41, 5.74) is 2.44. The van der Waals surface area contributed by atoms with Gasteiger partial charge in [0.25, 0.3) is 0 Å². The first kappa shape index (κ1) is 11.1. The molecule has 2 aromatic rings. The maximum Gasteiger partial charge on any atom is 0.126 e. The SMILES string of the molecule is Cc1cccc(NC(C)Cc2ccsc2)n1. The fourth-order valence-corrected chi connectivity index (χ4v) is 2.37. The monoisotopic (exact) mass is 232 g/mol. The van der Waals surface area contributed by atoms with Crippen molar-refractivity contribution in [2.45, 2.75) is 26.3 Å². The smallest absolute Gasteiger partial charge is 0.126 e. The van der Waals surface area contributed by atoms with E-state index >= 15 is 0 Å². The predicted molar refractivity (Wildman–Crippen MR) is 70.1 cm³/mol. The topological polar surface area (TPSA) is 24.9 Å². The lowest BCUT2D eigenvalue weighted by atomic mass is 10.1. The van der Waals surface area contributed by atoms with Gasteiger partial charge in [0.2, 0.25) is 0 Å². The molecule has 0 radical (unpaired) electrons. The van der Waals surface area contributed by atoms with Gasteiger partial charge < -0.3 is 5.32 Å². The first-order valence-corrected chi connectivity index (χ1v) is 6.39. The van der Waals surface area contributed by atoms with Crippen LogP contribution in [0, 0.1) is 6.92 Å². The Morgan fingerprint density at radius 2 is 2.25 bits per heavy atom. The van der Waals surface area contributed by atoms with Crippen molar-refractivity contribution in [1.29, 1.82) is 0 Å². The molecule has 1 atom stereocenters. The quantitative estimate of drug-likeness (QED) is 0.872. The molecule has 0 saturated heterocycles. The molecule has 0 saturated carbocycles. The van der Waals surface area contributed by atoms with Gasteiger partial charge in [-0.15, -0.1) is 0 Å². The average Bonchev–Trinajstić information content (AvgIpc) is 2.70. The molecule has 0 spiro atoms. The first-order chi connectivity index (χ1) is 7.74. The Morgan fingerprint density at radius 1 is 1.38 bits per heavy atom. The van der Waals surface area contributed by atoms with E-state index < -0.39 is 0 Å². The Hall–Kier alpha value is -1.35. The fourth-order valence-electron chi connectivity index (χ4n) is 1.69. The van der Waals surface area contributed by atoms with Gasteiger partial charge in [-0.25, -0.2) is 4.98 Å². The van der Waals surface area contributed by atoms with Gasteiger partial charge in [-0.2, -0.15) is 11.3 Å². The normalized spacial score (nSPS) is 12.4. The molecule has 84 valence electrons. The number of pyridine rings is 1. The number of aryl methyl sites for hydroxylation is 1. The summed E-state index contributed by atoms with van der Waals surface area (Å²) in [7, 11) is 0. The van der Waals surface area contributed by atoms with Crippen molar-refractivity contribution < 1.29 is 0 Å². The Labute approximate surface area is 100 Å². The number of anilines is 1. The van der Waals surface area contributed by atoms with Crippen LogP contribution in [0.1, 0.15) is 18.2 Å². The highest BCUT2D eigenvalue weighted by Crippen LogP contribution is 2.12. The number of thiophene rings is 1. The third-order valence-electron chi connectivity index (χ3n) is 2.40. The number of nitrogens with zero attached hydrogens (tertiary/aromatic N) is 1. The van der Waals surface area contributed by atoms with Crippen LogP contribution in [0.3, 0.4) is 0 Å². The summed E-state index contributed by atoms with van der Waals surface area (Å²) in [6.07, 6.45) is 1.04. The average molecular weight is 232 g/mol. The van der Waals surface area contributed by atoms with Gasteiger partial charge in [-0.05, 0) is 54.8 Å². The van der Waals surface area contributed by atoms with Crippen LogP contribution < -0.4 is 5.32 Å². The zero-order chi connectivity index (χ0) is 11.4. The summed E-state index contributed by atoms with van der Waals surface area (Å²) in [4.78, 5) is 4.43. The largest absolute Gasteiger partial charge is 0.367 e. The van der Waals surface area contributed by atoms with E-state index in [1.165, 1.54) is 5.56 Å². The Kier molecular flexibility index (Phi) is 3.57. The molecule has 0 amide bonds. The van der Waals surface area contributed by atoms with Gasteiger partial charge in [0.15, 0.2) is 0 Å². The predicted octanol–water partition coefficient (Wildman–Crippen LogP) is 3.49. The third kappa shape index (κ3) is 3.07. The minimum atomic E-state index is 0.406. The highest BCUT2D eigenvalue weighted by molar-refractivity contribution is 7.07. The van der Waals surface area contributed by atoms with E-state index in [2.05, 4.69) is 34.1 Å². The van der Waals surface area contributed by atoms with Gasteiger partial charge in [0.05, 0.1) is 0 Å². The zero-order valence-corrected chi connectivity index (χ0v) is 10.4. The highest BCUT2D eigenvalue weighted by atomic mass is 32.1. The summed E-state index contributed by atoms with van der Waals surface area (Å²) in [6.45, 7) is 4.19. The fraction of sp³-hybridized carbons (Fsp3) is 0.308. The van der Waals surface area contributed by atoms with Gasteiger partial charge >= 0.3 is 0 Å². The zero-order valence-electron chi connectivity index (χ0n) is 9.60. The highest BCUT2D eigenvalue weighted by Gasteiger charge is 2.04. The van der Waals surface area contributed by atoms with Gasteiger partial charge in [0.1, 0.15) is 5.82 Å². The maximum atomic E-state index is 4.43. The number of hydrogen-bond acceptors (Lipinski definition) is 3. The van der Waals surface area contributed by atoms with E-state index in [1.807, 2.05) is 25.1 Å². The van der Waals surface area contributed by atoms with Crippen LogP contribution in [0.2, 0.25) is 0 Å². The summed E-state index contributed by atoms with van der Waals surface area (Å²) in [5.74, 6) is 0.961. The molecule has 2 rings (SSSR count). The number of nitrogens with one attached hydrogen (secondary N) is 1. The second-order valence-electron chi connectivity index (χ2n) is 4.05. The second kappa shape index (κ2) is 5.12. The van der Waals surface area contributed by atoms with Crippen molar-refractivity contribution in [2.24, 2.45) is 0 Å². The van der Waals surface area contributed by atoms with Crippen LogP contribution in [-0.4, -0.2) is 11.0 Å². The minimum Gasteiger partial charge on any atom is -0.367 e. The van der Waals surface area contributed by atoms with Crippen molar-refractivity contribution in [3.8, 4) is 0 Å². The molecule has 0 aromatic carbocycles. The lowest BCUT2D eigenvalue weighted by Crippen LogP contribution is -2.18. The third-order valence-corrected chi connectivity index (χ3v) is 3.14. The van der Waals surface area contributed by atoms with Gasteiger partial charge in [0, 0.05) is 11.7 Å². The first-order valence-electron chi connectivity index (χ1n) is 5.45. The van der Waals surface area contributed by atoms with Crippen LogP contribution in [0.25, 0.3) is 0 Å². The summed E-state index contributed by atoms with van der Waals surface area (Å²) in [6, 6.07) is 8.63. The van der Waals surface area contributed by atoms with Crippen molar-refractivity contribution in [3.05, 3.63) is 46.3 Å². The minimum absolute atomic E-state index is 0.406. The lowest BCUT2D eigenvalue weighted by Gasteiger charge is -2.13. The molecular weight excluding hydrogens is 216 g/mol. The Bertz CT molecular complexity index is 437. The van der Waals surface area contributed by atoms with Crippen LogP contribution in [0.15, 0.2) is 35.0 Å². The molecule has 2 aromatic heterocycles. The van der Waals surface area contributed by atoms with Crippen molar-refractivity contribution in [1.82, 2.24) is 4.98 Å². The van der Waals surface area contributed by atoms with E-state index in [0.717, 1.165) is 17.9 Å². The number of aromatic nitrogens is 1. The van der Waals surface area contributed by atoms with E-state index in [1.54, 1.807) is 11.3 Å². The summed E-state index contributed by atoms with van der Waals surface area (Å²) >= 11 is 1.75. The van der Waals surface area contributed by atoms with Crippen molar-refractivity contribution in [2.75, 3.05) is 5.32 Å². The van der Waals surface area contributed by atoms with E-state index in [0.29, 0.717) is 6.04 Å². The molecule has 0 aliphatic heterocycles. The summed E-state index contributed by atoms with van der Waals surface area (Å²) < 4.78 is 0. The van der Waals surface area contributed by atoms with Gasteiger partial charge in [-0.1, -0.05) is 6.07 Å². The molecule has 0 fully saturated rings. The van der Waals surface area contributed by atoms with Crippen molar-refractivity contribution in [3.63, 3.8) is 0 Å². The van der Waals surface area contributed by atoms with Crippen LogP contribution in [0.5, 0.6) is 0 Å². The molecule has 0 aliphatic rings. The maximum absolute atomic E-state index is 4.43. The number of hydrogen-bond donors (Lipinski definition) is 1. The standard InChI is InChI=1S/C13H16N2S/c1-10-4-3-5-13(14-10)15-11(2)8-12-6-7-16-9-12/h3-7,9,11H,8H2,1-2H3,(H,14,15). The Balaban J connectivity index is 1.94. The molecule has 0 bridgehead atoms. The van der Waals surface area contributed by atoms with Gasteiger partial charge in [-0.3, -0.25) is 0 Å². The van der Waals surface area contributed by atoms with Crippen LogP contribution in [0.4, 0.5) is 5.82 Å². The molecule has 2 nitrogen and oxygen atoms in total. The molecule has 1 unspecified atom stereocenters. The molecule has 1 N–H and O–H groups in total. The molecule has 2 heterocycles. The Morgan fingerprint density at radius 3 is 2.94 bits per heavy atom.